The van der Waals surface area contributed by atoms with Gasteiger partial charge in [-0.2, -0.15) is 5.26 Å². The Morgan fingerprint density at radius 2 is 2.00 bits per heavy atom. The molecule has 4 aliphatic heterocycles. The molecule has 1 aromatic heterocycles. The number of fused-ring (bicyclic) bond motifs is 2. The van der Waals surface area contributed by atoms with Crippen LogP contribution in [-0.4, -0.2) is 46.9 Å². The number of aromatic nitrogens is 1. The molecule has 0 aliphatic carbocycles. The topological polar surface area (TPSA) is 69.0 Å². The lowest BCUT2D eigenvalue weighted by atomic mass is 9.63. The maximum absolute atomic E-state index is 14.0. The number of carbonyl (C=O) groups is 1. The smallest absolute Gasteiger partial charge is 0.185 e. The molecule has 5 heterocycles. The molecule has 1 aromatic carbocycles. The fraction of sp³-hybridized carbons (Fsp3) is 0.409. The van der Waals surface area contributed by atoms with Crippen molar-refractivity contribution in [2.45, 2.75) is 30.3 Å². The fourth-order valence-electron chi connectivity index (χ4n) is 5.64. The molecule has 4 saturated heterocycles. The molecule has 3 atom stereocenters. The summed E-state index contributed by atoms with van der Waals surface area (Å²) in [6.45, 7) is 2.74. The van der Waals surface area contributed by atoms with Crippen molar-refractivity contribution in [2.24, 2.45) is 5.92 Å². The van der Waals surface area contributed by atoms with Crippen LogP contribution in [0, 0.1) is 17.2 Å². The van der Waals surface area contributed by atoms with Gasteiger partial charge in [-0.3, -0.25) is 14.7 Å². The first-order chi connectivity index (χ1) is 13.2. The van der Waals surface area contributed by atoms with Gasteiger partial charge in [0, 0.05) is 36.5 Å². The highest BCUT2D eigenvalue weighted by Crippen LogP contribution is 2.51. The zero-order valence-electron chi connectivity index (χ0n) is 15.1. The lowest BCUT2D eigenvalue weighted by Gasteiger charge is -2.57. The second-order valence-electron chi connectivity index (χ2n) is 7.89. The van der Waals surface area contributed by atoms with E-state index in [2.05, 4.69) is 27.3 Å². The summed E-state index contributed by atoms with van der Waals surface area (Å²) < 4.78 is 0. The van der Waals surface area contributed by atoms with Crippen LogP contribution in [0.15, 0.2) is 48.8 Å². The van der Waals surface area contributed by atoms with E-state index in [1.807, 2.05) is 24.4 Å². The van der Waals surface area contributed by atoms with Crippen LogP contribution >= 0.6 is 0 Å². The molecule has 136 valence electrons. The van der Waals surface area contributed by atoms with Gasteiger partial charge in [0.15, 0.2) is 5.78 Å². The first-order valence-electron chi connectivity index (χ1n) is 9.68. The monoisotopic (exact) mass is 358 g/mol. The summed E-state index contributed by atoms with van der Waals surface area (Å²) in [6, 6.07) is 13.5. The molecule has 3 unspecified atom stereocenters. The highest BCUT2D eigenvalue weighted by Gasteiger charge is 2.64. The number of benzene rings is 1. The predicted molar refractivity (Wildman–Crippen MR) is 101 cm³/mol. The molecule has 1 N–H and O–H groups in total. The van der Waals surface area contributed by atoms with Gasteiger partial charge in [0.25, 0.3) is 0 Å². The van der Waals surface area contributed by atoms with Gasteiger partial charge in [-0.05, 0) is 55.6 Å². The normalized spacial score (nSPS) is 34.0. The van der Waals surface area contributed by atoms with E-state index in [-0.39, 0.29) is 17.7 Å². The van der Waals surface area contributed by atoms with Crippen LogP contribution in [0.3, 0.4) is 0 Å². The lowest BCUT2D eigenvalue weighted by molar-refractivity contribution is -0.0313. The van der Waals surface area contributed by atoms with E-state index in [0.29, 0.717) is 17.0 Å². The largest absolute Gasteiger partial charge is 0.311 e. The van der Waals surface area contributed by atoms with Crippen molar-refractivity contribution in [2.75, 3.05) is 19.6 Å². The Labute approximate surface area is 159 Å². The zero-order chi connectivity index (χ0) is 18.4. The Balaban J connectivity index is 1.64. The third kappa shape index (κ3) is 2.30. The predicted octanol–water partition coefficient (Wildman–Crippen LogP) is 2.36. The number of piperidine rings is 3. The third-order valence-corrected chi connectivity index (χ3v) is 6.81. The molecule has 2 aromatic rings. The first-order valence-corrected chi connectivity index (χ1v) is 9.68. The summed E-state index contributed by atoms with van der Waals surface area (Å²) in [4.78, 5) is 20.7. The SMILES string of the molecule is N#Cc1ccc(C(=O)C23C(c4cccnc4)CNC2C2CCN3CC2)cc1. The summed E-state index contributed by atoms with van der Waals surface area (Å²) in [5.41, 5.74) is 1.85. The van der Waals surface area contributed by atoms with Crippen molar-refractivity contribution >= 4 is 5.78 Å². The highest BCUT2D eigenvalue weighted by molar-refractivity contribution is 6.05. The molecule has 6 rings (SSSR count). The van der Waals surface area contributed by atoms with Crippen LogP contribution in [-0.2, 0) is 0 Å². The first kappa shape index (κ1) is 16.6. The van der Waals surface area contributed by atoms with Gasteiger partial charge in [0.2, 0.25) is 0 Å². The van der Waals surface area contributed by atoms with E-state index in [4.69, 9.17) is 5.26 Å². The number of nitrogens with one attached hydrogen (secondary N) is 1. The van der Waals surface area contributed by atoms with Crippen molar-refractivity contribution in [3.63, 3.8) is 0 Å². The van der Waals surface area contributed by atoms with E-state index in [1.54, 1.807) is 18.3 Å². The minimum absolute atomic E-state index is 0.0856. The number of hydrogen-bond donors (Lipinski definition) is 1. The molecule has 2 bridgehead atoms. The number of nitrogens with zero attached hydrogens (tertiary/aromatic N) is 3. The Morgan fingerprint density at radius 3 is 2.67 bits per heavy atom. The molecule has 0 spiro atoms. The van der Waals surface area contributed by atoms with Gasteiger partial charge < -0.3 is 5.32 Å². The van der Waals surface area contributed by atoms with E-state index in [1.165, 1.54) is 0 Å². The minimum atomic E-state index is -0.557. The van der Waals surface area contributed by atoms with Crippen LogP contribution in [0.25, 0.3) is 0 Å². The van der Waals surface area contributed by atoms with E-state index in [0.717, 1.165) is 38.0 Å². The van der Waals surface area contributed by atoms with Crippen molar-refractivity contribution in [3.05, 3.63) is 65.5 Å². The van der Waals surface area contributed by atoms with E-state index < -0.39 is 5.54 Å². The molecule has 0 radical (unpaired) electrons. The lowest BCUT2D eigenvalue weighted by Crippen LogP contribution is -2.72. The van der Waals surface area contributed by atoms with Gasteiger partial charge in [0.1, 0.15) is 5.54 Å². The molecular formula is C22H22N4O. The summed E-state index contributed by atoms with van der Waals surface area (Å²) in [7, 11) is 0. The number of carbonyl (C=O) groups excluding carboxylic acids is 1. The van der Waals surface area contributed by atoms with E-state index >= 15 is 0 Å². The Bertz CT molecular complexity index is 896. The van der Waals surface area contributed by atoms with E-state index in [9.17, 15) is 4.79 Å². The van der Waals surface area contributed by atoms with Crippen molar-refractivity contribution in [1.82, 2.24) is 15.2 Å². The van der Waals surface area contributed by atoms with Crippen LogP contribution in [0.5, 0.6) is 0 Å². The van der Waals surface area contributed by atoms with Crippen molar-refractivity contribution in [3.8, 4) is 6.07 Å². The molecule has 4 fully saturated rings. The Hall–Kier alpha value is -2.55. The van der Waals surface area contributed by atoms with Crippen LogP contribution < -0.4 is 5.32 Å². The fourth-order valence-corrected chi connectivity index (χ4v) is 5.64. The second-order valence-corrected chi connectivity index (χ2v) is 7.89. The van der Waals surface area contributed by atoms with Crippen LogP contribution in [0.4, 0.5) is 0 Å². The maximum atomic E-state index is 14.0. The third-order valence-electron chi connectivity index (χ3n) is 6.81. The maximum Gasteiger partial charge on any atom is 0.185 e. The molecule has 0 saturated carbocycles. The van der Waals surface area contributed by atoms with Gasteiger partial charge >= 0.3 is 0 Å². The van der Waals surface area contributed by atoms with Gasteiger partial charge in [0.05, 0.1) is 11.6 Å². The van der Waals surface area contributed by atoms with Crippen LogP contribution in [0.1, 0.15) is 40.2 Å². The average Bonchev–Trinajstić information content (AvgIpc) is 3.18. The van der Waals surface area contributed by atoms with Crippen molar-refractivity contribution in [1.29, 1.82) is 5.26 Å². The number of hydrogen-bond acceptors (Lipinski definition) is 5. The molecular weight excluding hydrogens is 336 g/mol. The summed E-state index contributed by atoms with van der Waals surface area (Å²) in [5.74, 6) is 0.807. The molecule has 5 nitrogen and oxygen atoms in total. The number of nitriles is 1. The standard InChI is InChI=1S/C22H22N4O/c23-12-15-3-5-17(6-4-15)21(27)22-19(18-2-1-9-24-13-18)14-25-20(22)16-7-10-26(22)11-8-16/h1-6,9,13,16,19-20,25H,7-8,10-11,14H2. The van der Waals surface area contributed by atoms with Gasteiger partial charge in [-0.1, -0.05) is 18.2 Å². The number of ketones is 1. The molecule has 5 heteroatoms. The molecule has 4 aliphatic rings. The zero-order valence-corrected chi connectivity index (χ0v) is 15.1. The quantitative estimate of drug-likeness (QED) is 0.853. The number of Topliss-reactive ketones (excluding diaryl/α,β-unsaturated/α-hetero) is 1. The Morgan fingerprint density at radius 1 is 1.22 bits per heavy atom. The number of pyridine rings is 1. The molecule has 27 heavy (non-hydrogen) atoms. The highest BCUT2D eigenvalue weighted by atomic mass is 16.1. The Kier molecular flexibility index (Phi) is 3.85. The van der Waals surface area contributed by atoms with Crippen molar-refractivity contribution < 1.29 is 4.79 Å². The summed E-state index contributed by atoms with van der Waals surface area (Å²) >= 11 is 0. The van der Waals surface area contributed by atoms with Gasteiger partial charge in [-0.15, -0.1) is 0 Å². The minimum Gasteiger partial charge on any atom is -0.311 e. The second kappa shape index (κ2) is 6.26. The van der Waals surface area contributed by atoms with Crippen LogP contribution in [0.2, 0.25) is 0 Å². The average molecular weight is 358 g/mol. The van der Waals surface area contributed by atoms with Gasteiger partial charge in [-0.25, -0.2) is 0 Å². The summed E-state index contributed by atoms with van der Waals surface area (Å²) in [5, 5.41) is 12.8. The number of rotatable bonds is 3. The molecule has 0 amide bonds. The summed E-state index contributed by atoms with van der Waals surface area (Å²) in [6.07, 6.45) is 6.00.